The zero-order valence-electron chi connectivity index (χ0n) is 12.2. The predicted octanol–water partition coefficient (Wildman–Crippen LogP) is 2.04. The molecule has 0 radical (unpaired) electrons. The van der Waals surface area contributed by atoms with Gasteiger partial charge in [-0.25, -0.2) is 0 Å². The predicted molar refractivity (Wildman–Crippen MR) is 77.5 cm³/mol. The van der Waals surface area contributed by atoms with E-state index in [2.05, 4.69) is 30.5 Å². The summed E-state index contributed by atoms with van der Waals surface area (Å²) in [5, 5.41) is 5.87. The van der Waals surface area contributed by atoms with Gasteiger partial charge in [-0.1, -0.05) is 32.9 Å². The number of carbonyl (C=O) groups is 1. The second-order valence-electron chi connectivity index (χ2n) is 4.78. The maximum absolute atomic E-state index is 11.5. The second kappa shape index (κ2) is 7.79. The largest absolute Gasteiger partial charge is 0.496 e. The fourth-order valence-electron chi connectivity index (χ4n) is 1.76. The van der Waals surface area contributed by atoms with Crippen molar-refractivity contribution in [1.29, 1.82) is 0 Å². The number of methoxy groups -OCH3 is 1. The fraction of sp³-hybridized carbons (Fsp3) is 0.533. The molecule has 4 heteroatoms. The highest BCUT2D eigenvalue weighted by Crippen LogP contribution is 2.24. The maximum Gasteiger partial charge on any atom is 0.234 e. The lowest BCUT2D eigenvalue weighted by Gasteiger charge is -2.13. The molecule has 0 atom stereocenters. The molecule has 0 spiro atoms. The fourth-order valence-corrected chi connectivity index (χ4v) is 1.76. The third-order valence-corrected chi connectivity index (χ3v) is 2.99. The standard InChI is InChI=1S/C15H24N2O2/c1-5-16-10-15(18)17-9-13-7-6-12(11(2)3)8-14(13)19-4/h6-8,11,16H,5,9-10H2,1-4H3,(H,17,18). The van der Waals surface area contributed by atoms with E-state index < -0.39 is 0 Å². The lowest BCUT2D eigenvalue weighted by Crippen LogP contribution is -2.33. The number of hydrogen-bond acceptors (Lipinski definition) is 3. The Labute approximate surface area is 115 Å². The van der Waals surface area contributed by atoms with Gasteiger partial charge in [0.2, 0.25) is 5.91 Å². The SMILES string of the molecule is CCNCC(=O)NCc1ccc(C(C)C)cc1OC. The molecular formula is C15H24N2O2. The smallest absolute Gasteiger partial charge is 0.234 e. The Morgan fingerprint density at radius 2 is 2.11 bits per heavy atom. The molecule has 0 saturated carbocycles. The van der Waals surface area contributed by atoms with Crippen LogP contribution < -0.4 is 15.4 Å². The first-order valence-electron chi connectivity index (χ1n) is 6.72. The number of nitrogens with one attached hydrogen (secondary N) is 2. The number of rotatable bonds is 7. The number of hydrogen-bond donors (Lipinski definition) is 2. The molecule has 1 aromatic carbocycles. The first kappa shape index (κ1) is 15.5. The Bertz CT molecular complexity index is 417. The van der Waals surface area contributed by atoms with Crippen LogP contribution >= 0.6 is 0 Å². The van der Waals surface area contributed by atoms with Crippen LogP contribution in [0.4, 0.5) is 0 Å². The van der Waals surface area contributed by atoms with Gasteiger partial charge < -0.3 is 15.4 Å². The lowest BCUT2D eigenvalue weighted by atomic mass is 10.0. The topological polar surface area (TPSA) is 50.4 Å². The van der Waals surface area contributed by atoms with E-state index in [0.717, 1.165) is 17.9 Å². The van der Waals surface area contributed by atoms with Gasteiger partial charge in [-0.2, -0.15) is 0 Å². The Morgan fingerprint density at radius 1 is 1.37 bits per heavy atom. The molecule has 0 aliphatic rings. The Morgan fingerprint density at radius 3 is 2.68 bits per heavy atom. The van der Waals surface area contributed by atoms with E-state index in [9.17, 15) is 4.79 Å². The molecule has 0 bridgehead atoms. The summed E-state index contributed by atoms with van der Waals surface area (Å²) < 4.78 is 5.38. The summed E-state index contributed by atoms with van der Waals surface area (Å²) in [6, 6.07) is 6.14. The number of amides is 1. The van der Waals surface area contributed by atoms with Crippen molar-refractivity contribution in [2.75, 3.05) is 20.2 Å². The van der Waals surface area contributed by atoms with E-state index in [1.165, 1.54) is 5.56 Å². The van der Waals surface area contributed by atoms with E-state index in [1.54, 1.807) is 7.11 Å². The van der Waals surface area contributed by atoms with Crippen molar-refractivity contribution in [2.45, 2.75) is 33.2 Å². The molecule has 2 N–H and O–H groups in total. The number of carbonyl (C=O) groups excluding carboxylic acids is 1. The van der Waals surface area contributed by atoms with E-state index >= 15 is 0 Å². The van der Waals surface area contributed by atoms with Crippen LogP contribution in [0.1, 0.15) is 37.8 Å². The van der Waals surface area contributed by atoms with Gasteiger partial charge in [0.25, 0.3) is 0 Å². The summed E-state index contributed by atoms with van der Waals surface area (Å²) >= 11 is 0. The van der Waals surface area contributed by atoms with Crippen LogP contribution in [-0.4, -0.2) is 26.1 Å². The highest BCUT2D eigenvalue weighted by Gasteiger charge is 2.08. The van der Waals surface area contributed by atoms with E-state index in [1.807, 2.05) is 19.1 Å². The summed E-state index contributed by atoms with van der Waals surface area (Å²) in [4.78, 5) is 11.5. The highest BCUT2D eigenvalue weighted by molar-refractivity contribution is 5.78. The normalized spacial score (nSPS) is 10.6. The van der Waals surface area contributed by atoms with Crippen molar-refractivity contribution in [3.63, 3.8) is 0 Å². The maximum atomic E-state index is 11.5. The Balaban J connectivity index is 2.65. The van der Waals surface area contributed by atoms with Crippen molar-refractivity contribution in [3.05, 3.63) is 29.3 Å². The molecule has 0 aliphatic heterocycles. The van der Waals surface area contributed by atoms with Crippen LogP contribution in [0.3, 0.4) is 0 Å². The van der Waals surface area contributed by atoms with Gasteiger partial charge in [-0.05, 0) is 24.1 Å². The first-order chi connectivity index (χ1) is 9.08. The first-order valence-corrected chi connectivity index (χ1v) is 6.72. The molecule has 19 heavy (non-hydrogen) atoms. The summed E-state index contributed by atoms with van der Waals surface area (Å²) in [7, 11) is 1.66. The molecule has 106 valence electrons. The van der Waals surface area contributed by atoms with Crippen molar-refractivity contribution >= 4 is 5.91 Å². The zero-order valence-corrected chi connectivity index (χ0v) is 12.2. The second-order valence-corrected chi connectivity index (χ2v) is 4.78. The van der Waals surface area contributed by atoms with E-state index in [-0.39, 0.29) is 5.91 Å². The monoisotopic (exact) mass is 264 g/mol. The van der Waals surface area contributed by atoms with Crippen LogP contribution in [0.25, 0.3) is 0 Å². The highest BCUT2D eigenvalue weighted by atomic mass is 16.5. The quantitative estimate of drug-likeness (QED) is 0.792. The Kier molecular flexibility index (Phi) is 6.36. The molecule has 0 fully saturated rings. The van der Waals surface area contributed by atoms with Crippen molar-refractivity contribution < 1.29 is 9.53 Å². The van der Waals surface area contributed by atoms with Crippen molar-refractivity contribution in [3.8, 4) is 5.75 Å². The van der Waals surface area contributed by atoms with Crippen molar-refractivity contribution in [2.24, 2.45) is 0 Å². The van der Waals surface area contributed by atoms with Gasteiger partial charge in [0, 0.05) is 12.1 Å². The van der Waals surface area contributed by atoms with Crippen LogP contribution in [0.15, 0.2) is 18.2 Å². The van der Waals surface area contributed by atoms with Gasteiger partial charge >= 0.3 is 0 Å². The summed E-state index contributed by atoms with van der Waals surface area (Å²) in [6.07, 6.45) is 0. The van der Waals surface area contributed by atoms with Crippen LogP contribution in [0.2, 0.25) is 0 Å². The molecule has 0 aromatic heterocycles. The third-order valence-electron chi connectivity index (χ3n) is 2.99. The Hall–Kier alpha value is -1.55. The summed E-state index contributed by atoms with van der Waals surface area (Å²) in [5.41, 5.74) is 2.23. The molecule has 0 saturated heterocycles. The van der Waals surface area contributed by atoms with Crippen molar-refractivity contribution in [1.82, 2.24) is 10.6 Å². The average molecular weight is 264 g/mol. The van der Waals surface area contributed by atoms with Gasteiger partial charge in [-0.3, -0.25) is 4.79 Å². The van der Waals surface area contributed by atoms with Crippen LogP contribution in [0.5, 0.6) is 5.75 Å². The molecule has 1 amide bonds. The minimum Gasteiger partial charge on any atom is -0.496 e. The minimum absolute atomic E-state index is 0.00293. The lowest BCUT2D eigenvalue weighted by molar-refractivity contribution is -0.120. The average Bonchev–Trinajstić information content (AvgIpc) is 2.42. The van der Waals surface area contributed by atoms with Gasteiger partial charge in [-0.15, -0.1) is 0 Å². The van der Waals surface area contributed by atoms with Gasteiger partial charge in [0.1, 0.15) is 5.75 Å². The molecule has 0 heterocycles. The molecule has 4 nitrogen and oxygen atoms in total. The molecule has 1 aromatic rings. The zero-order chi connectivity index (χ0) is 14.3. The van der Waals surface area contributed by atoms with Crippen LogP contribution in [0, 0.1) is 0 Å². The number of ether oxygens (including phenoxy) is 1. The molecule has 0 aliphatic carbocycles. The molecule has 0 unspecified atom stereocenters. The number of benzene rings is 1. The van der Waals surface area contributed by atoms with Gasteiger partial charge in [0.05, 0.1) is 13.7 Å². The minimum atomic E-state index is -0.00293. The number of likely N-dealkylation sites (N-methyl/N-ethyl adjacent to an activating group) is 1. The van der Waals surface area contributed by atoms with Gasteiger partial charge in [0.15, 0.2) is 0 Å². The third kappa shape index (κ3) is 4.91. The molecular weight excluding hydrogens is 240 g/mol. The van der Waals surface area contributed by atoms with Crippen LogP contribution in [-0.2, 0) is 11.3 Å². The van der Waals surface area contributed by atoms with E-state index in [4.69, 9.17) is 4.74 Å². The summed E-state index contributed by atoms with van der Waals surface area (Å²) in [6.45, 7) is 7.90. The summed E-state index contributed by atoms with van der Waals surface area (Å²) in [5.74, 6) is 1.29. The molecule has 1 rings (SSSR count). The van der Waals surface area contributed by atoms with E-state index in [0.29, 0.717) is 19.0 Å².